The molecule has 1 aliphatic rings. The molecule has 2 nitrogen and oxygen atoms in total. The minimum atomic E-state index is 0.362. The molecule has 4 heteroatoms. The number of benzene rings is 1. The van der Waals surface area contributed by atoms with Gasteiger partial charge in [0.2, 0.25) is 0 Å². The molecule has 0 spiro atoms. The maximum atomic E-state index is 6.08. The molecule has 0 amide bonds. The lowest BCUT2D eigenvalue weighted by molar-refractivity contribution is 0.242. The number of nitrogens with two attached hydrogens (primary N) is 1. The summed E-state index contributed by atoms with van der Waals surface area (Å²) in [6.07, 6.45) is 1.15. The molecule has 1 aromatic rings. The molecule has 1 heterocycles. The summed E-state index contributed by atoms with van der Waals surface area (Å²) in [5, 5.41) is 1.40. The van der Waals surface area contributed by atoms with Crippen molar-refractivity contribution in [3.8, 4) is 0 Å². The van der Waals surface area contributed by atoms with E-state index < -0.39 is 0 Å². The molecule has 2 rings (SSSR count). The summed E-state index contributed by atoms with van der Waals surface area (Å²) in [6.45, 7) is 5.03. The summed E-state index contributed by atoms with van der Waals surface area (Å²) in [4.78, 5) is 2.44. The Morgan fingerprint density at radius 1 is 1.29 bits per heavy atom. The van der Waals surface area contributed by atoms with Gasteiger partial charge >= 0.3 is 0 Å². The third kappa shape index (κ3) is 2.76. The van der Waals surface area contributed by atoms with E-state index >= 15 is 0 Å². The fourth-order valence-corrected chi connectivity index (χ4v) is 3.30. The molecule has 0 bridgehead atoms. The van der Waals surface area contributed by atoms with Crippen molar-refractivity contribution in [2.24, 2.45) is 11.7 Å². The van der Waals surface area contributed by atoms with E-state index in [-0.39, 0.29) is 0 Å². The van der Waals surface area contributed by atoms with Crippen LogP contribution in [0.2, 0.25) is 10.0 Å². The number of halogens is 2. The normalized spacial score (nSPS) is 25.4. The Kier molecular flexibility index (Phi) is 4.31. The topological polar surface area (TPSA) is 29.3 Å². The fourth-order valence-electron chi connectivity index (χ4n) is 2.76. The van der Waals surface area contributed by atoms with E-state index in [9.17, 15) is 0 Å². The average molecular weight is 273 g/mol. The van der Waals surface area contributed by atoms with Gasteiger partial charge in [-0.05, 0) is 55.7 Å². The number of rotatable bonds is 3. The lowest BCUT2D eigenvalue weighted by atomic mass is 9.94. The van der Waals surface area contributed by atoms with E-state index in [4.69, 9.17) is 28.9 Å². The van der Waals surface area contributed by atoms with Crippen molar-refractivity contribution in [2.45, 2.75) is 19.4 Å². The van der Waals surface area contributed by atoms with Gasteiger partial charge in [-0.1, -0.05) is 30.1 Å². The van der Waals surface area contributed by atoms with Crippen molar-refractivity contribution in [1.82, 2.24) is 4.90 Å². The van der Waals surface area contributed by atoms with E-state index in [1.807, 2.05) is 12.1 Å². The highest BCUT2D eigenvalue weighted by atomic mass is 35.5. The maximum Gasteiger partial charge on any atom is 0.0424 e. The monoisotopic (exact) mass is 272 g/mol. The van der Waals surface area contributed by atoms with E-state index in [1.54, 1.807) is 6.07 Å². The average Bonchev–Trinajstić information content (AvgIpc) is 2.70. The maximum absolute atomic E-state index is 6.08. The molecule has 1 fully saturated rings. The SMILES string of the molecule is CCN1CCC(CN)C1c1cc(Cl)cc(Cl)c1. The Bertz CT molecular complexity index is 363. The summed E-state index contributed by atoms with van der Waals surface area (Å²) >= 11 is 12.2. The van der Waals surface area contributed by atoms with Crippen LogP contribution in [0.5, 0.6) is 0 Å². The molecule has 0 radical (unpaired) electrons. The Balaban J connectivity index is 2.34. The van der Waals surface area contributed by atoms with Crippen LogP contribution in [0, 0.1) is 5.92 Å². The molecule has 1 saturated heterocycles. The van der Waals surface area contributed by atoms with Gasteiger partial charge in [0.15, 0.2) is 0 Å². The number of hydrogen-bond acceptors (Lipinski definition) is 2. The molecule has 2 unspecified atom stereocenters. The predicted octanol–water partition coefficient (Wildman–Crippen LogP) is 3.34. The first kappa shape index (κ1) is 13.2. The Morgan fingerprint density at radius 3 is 2.47 bits per heavy atom. The standard InChI is InChI=1S/C13H18Cl2N2/c1-2-17-4-3-9(8-16)13(17)10-5-11(14)7-12(15)6-10/h5-7,9,13H,2-4,8,16H2,1H3. The Hall–Kier alpha value is -0.280. The van der Waals surface area contributed by atoms with Gasteiger partial charge in [0, 0.05) is 16.1 Å². The second kappa shape index (κ2) is 5.57. The van der Waals surface area contributed by atoms with Gasteiger partial charge in [-0.15, -0.1) is 0 Å². The summed E-state index contributed by atoms with van der Waals surface area (Å²) in [6, 6.07) is 6.15. The first-order chi connectivity index (χ1) is 8.15. The molecule has 2 N–H and O–H groups in total. The zero-order chi connectivity index (χ0) is 12.4. The highest BCUT2D eigenvalue weighted by Crippen LogP contribution is 2.38. The zero-order valence-corrected chi connectivity index (χ0v) is 11.5. The first-order valence-corrected chi connectivity index (χ1v) is 6.81. The first-order valence-electron chi connectivity index (χ1n) is 6.05. The van der Waals surface area contributed by atoms with Crippen LogP contribution < -0.4 is 5.73 Å². The highest BCUT2D eigenvalue weighted by Gasteiger charge is 2.33. The largest absolute Gasteiger partial charge is 0.330 e. The van der Waals surface area contributed by atoms with Crippen LogP contribution in [0.1, 0.15) is 24.9 Å². The molecule has 0 aromatic heterocycles. The zero-order valence-electron chi connectivity index (χ0n) is 10.00. The van der Waals surface area contributed by atoms with Crippen LogP contribution >= 0.6 is 23.2 Å². The summed E-state index contributed by atoms with van der Waals surface area (Å²) < 4.78 is 0. The molecular formula is C13H18Cl2N2. The van der Waals surface area contributed by atoms with Gasteiger partial charge in [0.05, 0.1) is 0 Å². The van der Waals surface area contributed by atoms with E-state index in [0.717, 1.165) is 19.5 Å². The van der Waals surface area contributed by atoms with Crippen molar-refractivity contribution >= 4 is 23.2 Å². The van der Waals surface area contributed by atoms with Crippen molar-refractivity contribution in [3.05, 3.63) is 33.8 Å². The second-order valence-electron chi connectivity index (χ2n) is 4.56. The number of nitrogens with zero attached hydrogens (tertiary/aromatic N) is 1. The Morgan fingerprint density at radius 2 is 1.94 bits per heavy atom. The minimum absolute atomic E-state index is 0.362. The van der Waals surface area contributed by atoms with Gasteiger partial charge in [-0.3, -0.25) is 4.90 Å². The quantitative estimate of drug-likeness (QED) is 0.915. The van der Waals surface area contributed by atoms with Crippen molar-refractivity contribution in [3.63, 3.8) is 0 Å². The summed E-state index contributed by atoms with van der Waals surface area (Å²) in [5.41, 5.74) is 7.05. The van der Waals surface area contributed by atoms with E-state index in [0.29, 0.717) is 28.5 Å². The van der Waals surface area contributed by atoms with Gasteiger partial charge in [-0.25, -0.2) is 0 Å². The van der Waals surface area contributed by atoms with Crippen LogP contribution in [0.25, 0.3) is 0 Å². The van der Waals surface area contributed by atoms with Crippen molar-refractivity contribution in [1.29, 1.82) is 0 Å². The third-order valence-electron chi connectivity index (χ3n) is 3.56. The van der Waals surface area contributed by atoms with Gasteiger partial charge in [0.25, 0.3) is 0 Å². The molecule has 94 valence electrons. The molecule has 0 saturated carbocycles. The van der Waals surface area contributed by atoms with Crippen LogP contribution in [-0.2, 0) is 0 Å². The highest BCUT2D eigenvalue weighted by molar-refractivity contribution is 6.34. The number of hydrogen-bond donors (Lipinski definition) is 1. The summed E-state index contributed by atoms with van der Waals surface area (Å²) in [5.74, 6) is 0.504. The molecule has 2 atom stereocenters. The molecule has 1 aromatic carbocycles. The van der Waals surface area contributed by atoms with Crippen LogP contribution in [0.15, 0.2) is 18.2 Å². The smallest absolute Gasteiger partial charge is 0.0424 e. The molecule has 1 aliphatic heterocycles. The molecule has 17 heavy (non-hydrogen) atoms. The Labute approximate surface area is 113 Å². The molecular weight excluding hydrogens is 255 g/mol. The predicted molar refractivity (Wildman–Crippen MR) is 73.6 cm³/mol. The fraction of sp³-hybridized carbons (Fsp3) is 0.538. The van der Waals surface area contributed by atoms with Crippen LogP contribution in [-0.4, -0.2) is 24.5 Å². The van der Waals surface area contributed by atoms with Crippen molar-refractivity contribution in [2.75, 3.05) is 19.6 Å². The minimum Gasteiger partial charge on any atom is -0.330 e. The third-order valence-corrected chi connectivity index (χ3v) is 4.00. The van der Waals surface area contributed by atoms with Crippen LogP contribution in [0.4, 0.5) is 0 Å². The van der Waals surface area contributed by atoms with Gasteiger partial charge in [-0.2, -0.15) is 0 Å². The summed E-state index contributed by atoms with van der Waals surface area (Å²) in [7, 11) is 0. The van der Waals surface area contributed by atoms with Gasteiger partial charge in [0.1, 0.15) is 0 Å². The van der Waals surface area contributed by atoms with E-state index in [2.05, 4.69) is 11.8 Å². The van der Waals surface area contributed by atoms with Gasteiger partial charge < -0.3 is 5.73 Å². The number of likely N-dealkylation sites (tertiary alicyclic amines) is 1. The lowest BCUT2D eigenvalue weighted by Crippen LogP contribution is -2.28. The van der Waals surface area contributed by atoms with Crippen LogP contribution in [0.3, 0.4) is 0 Å². The molecule has 0 aliphatic carbocycles. The lowest BCUT2D eigenvalue weighted by Gasteiger charge is -2.27. The van der Waals surface area contributed by atoms with E-state index in [1.165, 1.54) is 5.56 Å². The second-order valence-corrected chi connectivity index (χ2v) is 5.43. The van der Waals surface area contributed by atoms with Crippen molar-refractivity contribution < 1.29 is 0 Å².